The molecule has 1 unspecified atom stereocenters. The molecule has 2 nitrogen and oxygen atoms in total. The normalized spacial score (nSPS) is 18.0. The molecule has 0 amide bonds. The molecule has 0 aliphatic heterocycles. The van der Waals surface area contributed by atoms with Crippen molar-refractivity contribution >= 4 is 28.3 Å². The monoisotopic (exact) mass is 1120 g/mol. The van der Waals surface area contributed by atoms with E-state index in [1.165, 1.54) is 128 Å². The van der Waals surface area contributed by atoms with Crippen molar-refractivity contribution in [3.05, 3.63) is 401 Å². The Labute approximate surface area is 516 Å². The highest BCUT2D eigenvalue weighted by atomic mass is 15.2. The summed E-state index contributed by atoms with van der Waals surface area (Å²) >= 11 is 0. The zero-order valence-corrected chi connectivity index (χ0v) is 48.8. The molecule has 0 aromatic heterocycles. The molecule has 0 bridgehead atoms. The minimum Gasteiger partial charge on any atom is -0.314 e. The van der Waals surface area contributed by atoms with E-state index in [9.17, 15) is 0 Å². The SMILES string of the molecule is C1=CC(c2ccccc2)CC=C1N(c1ccc(-c2ccccc2)cc1)c1cccc2c1C1(c3ccccc3-2)c2ccccc2C2(c3ccccc3-c3c(N(C4=CC=C(c5ccccc5)CC4)c4ccc(-c5ccccc5)cc4)cccc32)c2ccccc21. The summed E-state index contributed by atoms with van der Waals surface area (Å²) in [5, 5.41) is 0. The van der Waals surface area contributed by atoms with E-state index in [4.69, 9.17) is 0 Å². The average Bonchev–Trinajstić information content (AvgIpc) is 1.41. The number of benzene rings is 12. The Morgan fingerprint density at radius 3 is 1.34 bits per heavy atom. The number of hydrogen-bond acceptors (Lipinski definition) is 2. The van der Waals surface area contributed by atoms with Crippen molar-refractivity contribution in [3.63, 3.8) is 0 Å². The van der Waals surface area contributed by atoms with Gasteiger partial charge in [-0.1, -0.05) is 285 Å². The van der Waals surface area contributed by atoms with Gasteiger partial charge in [0, 0.05) is 39.8 Å². The number of nitrogens with zero attached hydrogens (tertiary/aromatic N) is 2. The molecule has 2 spiro atoms. The minimum atomic E-state index is -0.730. The molecule has 17 rings (SSSR count). The van der Waals surface area contributed by atoms with Gasteiger partial charge in [-0.2, -0.15) is 0 Å². The Bertz CT molecular complexity index is 4750. The van der Waals surface area contributed by atoms with Crippen LogP contribution in [0.4, 0.5) is 22.7 Å². The fourth-order valence-electron chi connectivity index (χ4n) is 15.9. The quantitative estimate of drug-likeness (QED) is 0.135. The topological polar surface area (TPSA) is 6.48 Å². The molecule has 2 heteroatoms. The Balaban J connectivity index is 0.895. The van der Waals surface area contributed by atoms with E-state index in [0.717, 1.165) is 30.6 Å². The largest absolute Gasteiger partial charge is 0.314 e. The Hall–Kier alpha value is -10.8. The van der Waals surface area contributed by atoms with Gasteiger partial charge in [0.05, 0.1) is 22.2 Å². The van der Waals surface area contributed by atoms with Gasteiger partial charge in [-0.15, -0.1) is 0 Å². The third-order valence-electron chi connectivity index (χ3n) is 19.6. The van der Waals surface area contributed by atoms with Crippen LogP contribution in [0.25, 0.3) is 50.1 Å². The van der Waals surface area contributed by atoms with Crippen LogP contribution in [0.15, 0.2) is 345 Å². The second kappa shape index (κ2) is 21.0. The molecule has 88 heavy (non-hydrogen) atoms. The summed E-state index contributed by atoms with van der Waals surface area (Å²) in [4.78, 5) is 5.15. The van der Waals surface area contributed by atoms with E-state index >= 15 is 0 Å². The van der Waals surface area contributed by atoms with Crippen molar-refractivity contribution in [2.75, 3.05) is 9.80 Å². The maximum absolute atomic E-state index is 2.58. The first-order valence-corrected chi connectivity index (χ1v) is 31.1. The average molecular weight is 1120 g/mol. The fourth-order valence-corrected chi connectivity index (χ4v) is 15.9. The zero-order chi connectivity index (χ0) is 58.2. The maximum Gasteiger partial charge on any atom is 0.0740 e. The molecular weight excluding hydrogens is 1060 g/mol. The highest BCUT2D eigenvalue weighted by molar-refractivity contribution is 6.00. The van der Waals surface area contributed by atoms with Crippen molar-refractivity contribution in [3.8, 4) is 44.5 Å². The maximum atomic E-state index is 2.58. The van der Waals surface area contributed by atoms with Crippen LogP contribution in [0.5, 0.6) is 0 Å². The zero-order valence-electron chi connectivity index (χ0n) is 48.8. The van der Waals surface area contributed by atoms with Gasteiger partial charge in [0.15, 0.2) is 0 Å². The molecule has 5 aliphatic carbocycles. The standard InChI is InChI=1S/C86H62N2/c1-5-23-59(24-6-1)63-43-51-67(52-44-63)87(68-53-45-64(46-54-68)60-25-7-2-8-26-60)81-41-22-40-80-83(81)73-32-14-16-35-75(73)85(80)76-36-17-19-38-78(76)86(79-39-20-18-37-77(79)85)74-34-15-13-31-71(74)72-33-21-42-82(84(72)86)88(69-55-47-65(48-56-69)61-27-9-3-10-28-61)70-57-49-66(50-58-70)62-29-11-4-12-30-62/h1-45,47-49,51-53,55-58,66H,46,50,54H2. The Kier molecular flexibility index (Phi) is 12.3. The summed E-state index contributed by atoms with van der Waals surface area (Å²) in [6.07, 6.45) is 14.7. The Morgan fingerprint density at radius 1 is 0.318 bits per heavy atom. The van der Waals surface area contributed by atoms with Crippen molar-refractivity contribution in [1.29, 1.82) is 0 Å². The van der Waals surface area contributed by atoms with E-state index in [-0.39, 0.29) is 5.92 Å². The van der Waals surface area contributed by atoms with E-state index in [0.29, 0.717) is 0 Å². The lowest BCUT2D eigenvalue weighted by Crippen LogP contribution is -2.44. The molecule has 5 aliphatic rings. The molecule has 0 saturated carbocycles. The highest BCUT2D eigenvalue weighted by Gasteiger charge is 2.60. The molecule has 1 atom stereocenters. The second-order valence-corrected chi connectivity index (χ2v) is 24.0. The summed E-state index contributed by atoms with van der Waals surface area (Å²) in [5.41, 5.74) is 29.9. The number of fused-ring (bicyclic) bond motifs is 16. The number of allylic oxidation sites excluding steroid dienone is 7. The smallest absolute Gasteiger partial charge is 0.0740 e. The summed E-state index contributed by atoms with van der Waals surface area (Å²) < 4.78 is 0. The lowest BCUT2D eigenvalue weighted by Gasteiger charge is -2.49. The first-order chi connectivity index (χ1) is 43.7. The van der Waals surface area contributed by atoms with Gasteiger partial charge < -0.3 is 9.80 Å². The molecule has 416 valence electrons. The second-order valence-electron chi connectivity index (χ2n) is 24.0. The van der Waals surface area contributed by atoms with Crippen LogP contribution in [-0.4, -0.2) is 0 Å². The van der Waals surface area contributed by atoms with E-state index in [1.807, 2.05) is 0 Å². The molecule has 12 aromatic rings. The lowest BCUT2D eigenvalue weighted by molar-refractivity contribution is 0.633. The Morgan fingerprint density at radius 2 is 0.773 bits per heavy atom. The van der Waals surface area contributed by atoms with E-state index in [2.05, 4.69) is 343 Å². The van der Waals surface area contributed by atoms with Crippen LogP contribution in [0.1, 0.15) is 80.8 Å². The van der Waals surface area contributed by atoms with Crippen LogP contribution in [0.3, 0.4) is 0 Å². The highest BCUT2D eigenvalue weighted by Crippen LogP contribution is 2.70. The van der Waals surface area contributed by atoms with Gasteiger partial charge in [-0.05, 0) is 162 Å². The third kappa shape index (κ3) is 7.88. The van der Waals surface area contributed by atoms with Crippen LogP contribution in [-0.2, 0) is 10.8 Å². The fraction of sp³-hybridized carbons (Fsp3) is 0.0698. The molecule has 0 radical (unpaired) electrons. The first-order valence-electron chi connectivity index (χ1n) is 31.1. The third-order valence-corrected chi connectivity index (χ3v) is 19.6. The van der Waals surface area contributed by atoms with E-state index in [1.54, 1.807) is 0 Å². The van der Waals surface area contributed by atoms with E-state index < -0.39 is 10.8 Å². The first kappa shape index (κ1) is 51.6. The van der Waals surface area contributed by atoms with Gasteiger partial charge in [0.1, 0.15) is 0 Å². The van der Waals surface area contributed by atoms with Gasteiger partial charge >= 0.3 is 0 Å². The molecule has 12 aromatic carbocycles. The summed E-state index contributed by atoms with van der Waals surface area (Å²) in [7, 11) is 0. The number of hydrogen-bond donors (Lipinski definition) is 0. The molecule has 0 N–H and O–H groups in total. The van der Waals surface area contributed by atoms with Crippen LogP contribution in [0.2, 0.25) is 0 Å². The molecule has 0 fully saturated rings. The van der Waals surface area contributed by atoms with Crippen LogP contribution in [0, 0.1) is 0 Å². The predicted octanol–water partition coefficient (Wildman–Crippen LogP) is 21.7. The molecule has 0 heterocycles. The predicted molar refractivity (Wildman–Crippen MR) is 365 cm³/mol. The summed E-state index contributed by atoms with van der Waals surface area (Å²) in [6.45, 7) is 0. The van der Waals surface area contributed by atoms with Crippen molar-refractivity contribution in [1.82, 2.24) is 0 Å². The van der Waals surface area contributed by atoms with Crippen LogP contribution >= 0.6 is 0 Å². The summed E-state index contributed by atoms with van der Waals surface area (Å²) in [5.74, 6) is 0.284. The number of anilines is 4. The molecular formula is C86H62N2. The van der Waals surface area contributed by atoms with Gasteiger partial charge in [-0.25, -0.2) is 0 Å². The summed E-state index contributed by atoms with van der Waals surface area (Å²) in [6, 6.07) is 114. The van der Waals surface area contributed by atoms with Gasteiger partial charge in [-0.3, -0.25) is 0 Å². The van der Waals surface area contributed by atoms with Gasteiger partial charge in [0.25, 0.3) is 0 Å². The minimum absolute atomic E-state index is 0.284. The van der Waals surface area contributed by atoms with Crippen molar-refractivity contribution in [2.45, 2.75) is 36.0 Å². The van der Waals surface area contributed by atoms with Crippen LogP contribution < -0.4 is 9.80 Å². The lowest BCUT2D eigenvalue weighted by atomic mass is 9.52. The van der Waals surface area contributed by atoms with Gasteiger partial charge in [0.2, 0.25) is 0 Å². The molecule has 0 saturated heterocycles. The van der Waals surface area contributed by atoms with Crippen molar-refractivity contribution in [2.24, 2.45) is 0 Å². The van der Waals surface area contributed by atoms with Crippen molar-refractivity contribution < 1.29 is 0 Å². The number of rotatable bonds is 10.